The molecule has 15 heavy (non-hydrogen) atoms. The van der Waals surface area contributed by atoms with Gasteiger partial charge in [-0.2, -0.15) is 13.1 Å². The van der Waals surface area contributed by atoms with Gasteiger partial charge in [-0.3, -0.25) is 4.79 Å². The van der Waals surface area contributed by atoms with Gasteiger partial charge < -0.3 is 5.11 Å². The summed E-state index contributed by atoms with van der Waals surface area (Å²) in [5, 5.41) is 8.70. The molecular formula is C7H11F2NO4S. The second-order valence-corrected chi connectivity index (χ2v) is 5.45. The van der Waals surface area contributed by atoms with Crippen molar-refractivity contribution < 1.29 is 27.1 Å². The summed E-state index contributed by atoms with van der Waals surface area (Å²) in [7, 11) is -4.64. The number of carboxylic acid groups (broad SMARTS) is 1. The van der Waals surface area contributed by atoms with Crippen molar-refractivity contribution in [3.8, 4) is 0 Å². The molecule has 1 heterocycles. The highest BCUT2D eigenvalue weighted by Crippen LogP contribution is 2.27. The summed E-state index contributed by atoms with van der Waals surface area (Å²) < 4.78 is 46.9. The number of alkyl halides is 2. The Balaban J connectivity index is 2.83. The summed E-state index contributed by atoms with van der Waals surface area (Å²) in [6.45, 7) is 0.993. The van der Waals surface area contributed by atoms with E-state index in [9.17, 15) is 22.0 Å². The van der Waals surface area contributed by atoms with Crippen LogP contribution in [0.1, 0.15) is 6.92 Å². The van der Waals surface area contributed by atoms with E-state index in [4.69, 9.17) is 5.11 Å². The molecule has 2 unspecified atom stereocenters. The minimum absolute atomic E-state index is 0.163. The number of rotatable bonds is 3. The number of sulfonamides is 1. The molecule has 1 aliphatic rings. The fraction of sp³-hybridized carbons (Fsp3) is 0.857. The van der Waals surface area contributed by atoms with Gasteiger partial charge >= 0.3 is 11.7 Å². The predicted molar refractivity (Wildman–Crippen MR) is 46.8 cm³/mol. The third-order valence-electron chi connectivity index (χ3n) is 2.48. The van der Waals surface area contributed by atoms with Crippen LogP contribution in [0, 0.1) is 11.8 Å². The van der Waals surface area contributed by atoms with E-state index in [2.05, 4.69) is 0 Å². The molecule has 0 aromatic carbocycles. The molecule has 1 fully saturated rings. The predicted octanol–water partition coefficient (Wildman–Crippen LogP) is 0.191. The average Bonchev–Trinajstić information content (AvgIpc) is 2.47. The number of carbonyl (C=O) groups is 1. The summed E-state index contributed by atoms with van der Waals surface area (Å²) >= 11 is 0. The Morgan fingerprint density at radius 1 is 1.47 bits per heavy atom. The lowest BCUT2D eigenvalue weighted by Gasteiger charge is -2.14. The zero-order valence-electron chi connectivity index (χ0n) is 7.93. The van der Waals surface area contributed by atoms with Gasteiger partial charge in [0.05, 0.1) is 5.92 Å². The van der Waals surface area contributed by atoms with Crippen LogP contribution in [0.25, 0.3) is 0 Å². The van der Waals surface area contributed by atoms with Gasteiger partial charge in [-0.15, -0.1) is 0 Å². The number of hydrogen-bond donors (Lipinski definition) is 1. The van der Waals surface area contributed by atoms with Crippen LogP contribution >= 0.6 is 0 Å². The minimum atomic E-state index is -4.64. The van der Waals surface area contributed by atoms with Crippen LogP contribution < -0.4 is 0 Å². The number of carboxylic acids is 1. The second-order valence-electron chi connectivity index (χ2n) is 3.54. The largest absolute Gasteiger partial charge is 0.481 e. The molecule has 0 saturated carbocycles. The molecule has 88 valence electrons. The van der Waals surface area contributed by atoms with Gasteiger partial charge in [0.2, 0.25) is 0 Å². The van der Waals surface area contributed by atoms with Crippen molar-refractivity contribution in [3.05, 3.63) is 0 Å². The van der Waals surface area contributed by atoms with Gasteiger partial charge in [-0.25, -0.2) is 8.42 Å². The lowest BCUT2D eigenvalue weighted by atomic mass is 9.99. The van der Waals surface area contributed by atoms with Crippen LogP contribution in [0.2, 0.25) is 0 Å². The summed E-state index contributed by atoms with van der Waals surface area (Å²) in [6, 6.07) is 0. The Morgan fingerprint density at radius 3 is 2.33 bits per heavy atom. The first-order valence-electron chi connectivity index (χ1n) is 4.26. The molecule has 2 atom stereocenters. The van der Waals surface area contributed by atoms with E-state index in [1.807, 2.05) is 0 Å². The molecule has 5 nitrogen and oxygen atoms in total. The second kappa shape index (κ2) is 4.01. The molecular weight excluding hydrogens is 232 g/mol. The van der Waals surface area contributed by atoms with Gasteiger partial charge in [0.1, 0.15) is 0 Å². The first-order chi connectivity index (χ1) is 6.76. The van der Waals surface area contributed by atoms with Gasteiger partial charge in [0.25, 0.3) is 10.0 Å². The molecule has 0 aromatic heterocycles. The van der Waals surface area contributed by atoms with E-state index < -0.39 is 33.6 Å². The number of aliphatic carboxylic acids is 1. The maximum atomic E-state index is 12.1. The smallest absolute Gasteiger partial charge is 0.350 e. The van der Waals surface area contributed by atoms with E-state index in [0.717, 1.165) is 0 Å². The molecule has 1 aliphatic heterocycles. The Morgan fingerprint density at radius 2 is 2.00 bits per heavy atom. The fourth-order valence-electron chi connectivity index (χ4n) is 1.56. The maximum Gasteiger partial charge on any atom is 0.350 e. The van der Waals surface area contributed by atoms with Crippen molar-refractivity contribution in [1.82, 2.24) is 4.31 Å². The van der Waals surface area contributed by atoms with Crippen molar-refractivity contribution in [2.75, 3.05) is 13.1 Å². The van der Waals surface area contributed by atoms with Crippen molar-refractivity contribution in [1.29, 1.82) is 0 Å². The lowest BCUT2D eigenvalue weighted by molar-refractivity contribution is -0.142. The number of nitrogens with zero attached hydrogens (tertiary/aromatic N) is 1. The summed E-state index contributed by atoms with van der Waals surface area (Å²) in [5.74, 6) is -6.00. The first kappa shape index (κ1) is 12.3. The van der Waals surface area contributed by atoms with E-state index in [1.165, 1.54) is 6.92 Å². The van der Waals surface area contributed by atoms with Crippen molar-refractivity contribution in [3.63, 3.8) is 0 Å². The molecule has 0 aromatic rings. The summed E-state index contributed by atoms with van der Waals surface area (Å²) in [5.41, 5.74) is 0. The highest BCUT2D eigenvalue weighted by molar-refractivity contribution is 7.89. The summed E-state index contributed by atoms with van der Waals surface area (Å²) in [4.78, 5) is 10.6. The van der Waals surface area contributed by atoms with Crippen LogP contribution in [0.4, 0.5) is 8.78 Å². The molecule has 0 aliphatic carbocycles. The highest BCUT2D eigenvalue weighted by Gasteiger charge is 2.43. The Bertz CT molecular complexity index is 356. The fourth-order valence-corrected chi connectivity index (χ4v) is 2.60. The normalized spacial score (nSPS) is 28.5. The molecule has 0 radical (unpaired) electrons. The lowest BCUT2D eigenvalue weighted by Crippen LogP contribution is -2.34. The van der Waals surface area contributed by atoms with Crippen LogP contribution in [-0.2, 0) is 14.8 Å². The van der Waals surface area contributed by atoms with Gasteiger partial charge in [-0.05, 0) is 5.92 Å². The molecule has 0 bridgehead atoms. The standard InChI is InChI=1S/C7H11F2NO4S/c1-4-2-10(3-5(4)6(11)12)15(13,14)7(8)9/h4-5,7H,2-3H2,1H3,(H,11,12). The van der Waals surface area contributed by atoms with E-state index in [1.54, 1.807) is 0 Å². The number of hydrogen-bond acceptors (Lipinski definition) is 3. The van der Waals surface area contributed by atoms with Gasteiger partial charge in [-0.1, -0.05) is 6.92 Å². The van der Waals surface area contributed by atoms with Crippen LogP contribution in [0.5, 0.6) is 0 Å². The van der Waals surface area contributed by atoms with E-state index in [0.29, 0.717) is 4.31 Å². The SMILES string of the molecule is CC1CN(S(=O)(=O)C(F)F)CC1C(=O)O. The molecule has 1 N–H and O–H groups in total. The van der Waals surface area contributed by atoms with Crippen LogP contribution in [-0.4, -0.2) is 42.6 Å². The molecule has 8 heteroatoms. The highest BCUT2D eigenvalue weighted by atomic mass is 32.2. The monoisotopic (exact) mass is 243 g/mol. The Kier molecular flexibility index (Phi) is 3.29. The minimum Gasteiger partial charge on any atom is -0.481 e. The Labute approximate surface area is 85.7 Å². The van der Waals surface area contributed by atoms with Crippen molar-refractivity contribution in [2.45, 2.75) is 12.7 Å². The molecule has 1 rings (SSSR count). The van der Waals surface area contributed by atoms with Crippen molar-refractivity contribution in [2.24, 2.45) is 11.8 Å². The van der Waals surface area contributed by atoms with Crippen LogP contribution in [0.3, 0.4) is 0 Å². The van der Waals surface area contributed by atoms with Gasteiger partial charge in [0.15, 0.2) is 0 Å². The van der Waals surface area contributed by atoms with Crippen molar-refractivity contribution >= 4 is 16.0 Å². The van der Waals surface area contributed by atoms with E-state index in [-0.39, 0.29) is 13.1 Å². The third kappa shape index (κ3) is 2.25. The average molecular weight is 243 g/mol. The third-order valence-corrected chi connectivity index (χ3v) is 3.95. The van der Waals surface area contributed by atoms with Crippen LogP contribution in [0.15, 0.2) is 0 Å². The zero-order chi connectivity index (χ0) is 11.8. The van der Waals surface area contributed by atoms with E-state index >= 15 is 0 Å². The topological polar surface area (TPSA) is 74.7 Å². The first-order valence-corrected chi connectivity index (χ1v) is 5.77. The quantitative estimate of drug-likeness (QED) is 0.768. The maximum absolute atomic E-state index is 12.1. The Hall–Kier alpha value is -0.760. The molecule has 0 spiro atoms. The molecule has 1 saturated heterocycles. The molecule has 0 amide bonds. The van der Waals surface area contributed by atoms with Gasteiger partial charge in [0, 0.05) is 13.1 Å². The number of halogens is 2. The zero-order valence-corrected chi connectivity index (χ0v) is 8.75. The summed E-state index contributed by atoms with van der Waals surface area (Å²) in [6.07, 6.45) is 0.